The van der Waals surface area contributed by atoms with Crippen molar-refractivity contribution in [2.75, 3.05) is 6.54 Å². The van der Waals surface area contributed by atoms with Gasteiger partial charge in [-0.05, 0) is 5.56 Å². The van der Waals surface area contributed by atoms with Crippen molar-refractivity contribution in [1.82, 2.24) is 10.2 Å². The highest BCUT2D eigenvalue weighted by Crippen LogP contribution is 2.53. The molecule has 90 valence electrons. The second-order valence-electron chi connectivity index (χ2n) is 4.83. The van der Waals surface area contributed by atoms with Crippen LogP contribution in [-0.4, -0.2) is 22.7 Å². The molecule has 1 aliphatic carbocycles. The number of nitrogens with zero attached hydrogens (tertiary/aromatic N) is 1. The first kappa shape index (κ1) is 10.7. The van der Waals surface area contributed by atoms with E-state index in [1.54, 1.807) is 6.20 Å². The third-order valence-corrected chi connectivity index (χ3v) is 3.63. The summed E-state index contributed by atoms with van der Waals surface area (Å²) in [6.07, 6.45) is 1.35. The van der Waals surface area contributed by atoms with E-state index in [2.05, 4.69) is 10.2 Å². The molecule has 0 bridgehead atoms. The lowest BCUT2D eigenvalue weighted by atomic mass is 9.62. The second kappa shape index (κ2) is 3.26. The van der Waals surface area contributed by atoms with Gasteiger partial charge in [-0.15, -0.1) is 0 Å². The predicted octanol–water partition coefficient (Wildman–Crippen LogP) is 2.19. The number of hydrogen-bond acceptors (Lipinski definition) is 2. The van der Waals surface area contributed by atoms with Crippen LogP contribution in [0.2, 0.25) is 0 Å². The van der Waals surface area contributed by atoms with Gasteiger partial charge in [-0.2, -0.15) is 5.10 Å². The molecule has 1 aliphatic rings. The lowest BCUT2D eigenvalue weighted by molar-refractivity contribution is -0.123. The van der Waals surface area contributed by atoms with E-state index >= 15 is 0 Å². The van der Waals surface area contributed by atoms with Crippen molar-refractivity contribution < 1.29 is 8.78 Å². The molecule has 3 rings (SSSR count). The van der Waals surface area contributed by atoms with Gasteiger partial charge in [0.25, 0.3) is 0 Å². The van der Waals surface area contributed by atoms with Crippen molar-refractivity contribution in [3.63, 3.8) is 0 Å². The number of para-hydroxylation sites is 1. The van der Waals surface area contributed by atoms with Gasteiger partial charge < -0.3 is 5.73 Å². The average molecular weight is 237 g/mol. The maximum absolute atomic E-state index is 13.2. The van der Waals surface area contributed by atoms with E-state index in [0.717, 1.165) is 16.5 Å². The minimum Gasteiger partial charge on any atom is -0.330 e. The maximum Gasteiger partial charge on any atom is 0.250 e. The van der Waals surface area contributed by atoms with Crippen molar-refractivity contribution in [3.05, 3.63) is 30.0 Å². The molecule has 0 unspecified atom stereocenters. The Morgan fingerprint density at radius 1 is 1.35 bits per heavy atom. The smallest absolute Gasteiger partial charge is 0.250 e. The summed E-state index contributed by atoms with van der Waals surface area (Å²) in [4.78, 5) is 0. The average Bonchev–Trinajstić information content (AvgIpc) is 2.72. The molecule has 3 nitrogen and oxygen atoms in total. The normalized spacial score (nSPS) is 21.4. The number of fused-ring (bicyclic) bond motifs is 1. The first-order valence-electron chi connectivity index (χ1n) is 5.57. The highest BCUT2D eigenvalue weighted by atomic mass is 19.3. The molecule has 17 heavy (non-hydrogen) atoms. The standard InChI is InChI=1S/C12H13F2N3/c13-12(14)5-11(6-12,7-15)9-3-1-2-8-4-16-17-10(8)9/h1-4H,5-7,15H2,(H,16,17). The third-order valence-electron chi connectivity index (χ3n) is 3.63. The summed E-state index contributed by atoms with van der Waals surface area (Å²) in [5.41, 5.74) is 6.80. The van der Waals surface area contributed by atoms with Crippen molar-refractivity contribution >= 4 is 10.9 Å². The SMILES string of the molecule is NCC1(c2cccc3cn[nH]c23)CC(F)(F)C1. The van der Waals surface area contributed by atoms with Crippen LogP contribution in [0.4, 0.5) is 8.78 Å². The molecule has 1 fully saturated rings. The van der Waals surface area contributed by atoms with Gasteiger partial charge in [-0.25, -0.2) is 8.78 Å². The zero-order valence-electron chi connectivity index (χ0n) is 9.21. The number of H-pyrrole nitrogens is 1. The number of benzene rings is 1. The molecule has 1 aromatic heterocycles. The number of aromatic nitrogens is 2. The van der Waals surface area contributed by atoms with Crippen LogP contribution in [-0.2, 0) is 5.41 Å². The highest BCUT2D eigenvalue weighted by molar-refractivity contribution is 5.82. The van der Waals surface area contributed by atoms with Crippen LogP contribution in [0.1, 0.15) is 18.4 Å². The van der Waals surface area contributed by atoms with Crippen LogP contribution in [0.3, 0.4) is 0 Å². The summed E-state index contributed by atoms with van der Waals surface area (Å²) in [7, 11) is 0. The van der Waals surface area contributed by atoms with Gasteiger partial charge in [0.1, 0.15) is 0 Å². The van der Waals surface area contributed by atoms with Crippen LogP contribution >= 0.6 is 0 Å². The van der Waals surface area contributed by atoms with Gasteiger partial charge >= 0.3 is 0 Å². The summed E-state index contributed by atoms with van der Waals surface area (Å²) < 4.78 is 26.3. The van der Waals surface area contributed by atoms with Gasteiger partial charge in [0.15, 0.2) is 0 Å². The van der Waals surface area contributed by atoms with Gasteiger partial charge in [0.05, 0.1) is 11.7 Å². The molecule has 2 aromatic rings. The van der Waals surface area contributed by atoms with Crippen molar-refractivity contribution in [2.45, 2.75) is 24.2 Å². The summed E-state index contributed by atoms with van der Waals surface area (Å²) in [6, 6.07) is 5.63. The predicted molar refractivity (Wildman–Crippen MR) is 61.0 cm³/mol. The van der Waals surface area contributed by atoms with Gasteiger partial charge in [0.2, 0.25) is 5.92 Å². The van der Waals surface area contributed by atoms with Gasteiger partial charge in [-0.3, -0.25) is 5.10 Å². The molecule has 0 radical (unpaired) electrons. The van der Waals surface area contributed by atoms with E-state index in [0.29, 0.717) is 0 Å². The van der Waals surface area contributed by atoms with Crippen molar-refractivity contribution in [1.29, 1.82) is 0 Å². The third kappa shape index (κ3) is 1.45. The Morgan fingerprint density at radius 3 is 2.76 bits per heavy atom. The Morgan fingerprint density at radius 2 is 2.12 bits per heavy atom. The molecule has 0 atom stereocenters. The molecular formula is C12H13F2N3. The highest BCUT2D eigenvalue weighted by Gasteiger charge is 2.57. The monoisotopic (exact) mass is 237 g/mol. The fraction of sp³-hybridized carbons (Fsp3) is 0.417. The van der Waals surface area contributed by atoms with E-state index in [9.17, 15) is 8.78 Å². The van der Waals surface area contributed by atoms with Gasteiger partial charge in [0, 0.05) is 30.2 Å². The summed E-state index contributed by atoms with van der Waals surface area (Å²) in [5, 5.41) is 7.76. The quantitative estimate of drug-likeness (QED) is 0.841. The van der Waals surface area contributed by atoms with E-state index < -0.39 is 11.3 Å². The van der Waals surface area contributed by atoms with Crippen LogP contribution in [0.5, 0.6) is 0 Å². The first-order valence-corrected chi connectivity index (χ1v) is 5.57. The molecule has 0 saturated heterocycles. The van der Waals surface area contributed by atoms with E-state index in [1.807, 2.05) is 18.2 Å². The lowest BCUT2D eigenvalue weighted by Crippen LogP contribution is -2.53. The fourth-order valence-electron chi connectivity index (χ4n) is 2.79. The molecular weight excluding hydrogens is 224 g/mol. The van der Waals surface area contributed by atoms with Crippen LogP contribution in [0, 0.1) is 0 Å². The molecule has 5 heteroatoms. The number of rotatable bonds is 2. The Labute approximate surface area is 97.0 Å². The maximum atomic E-state index is 13.2. The van der Waals surface area contributed by atoms with Crippen LogP contribution in [0.25, 0.3) is 10.9 Å². The molecule has 1 aromatic carbocycles. The Balaban J connectivity index is 2.12. The Kier molecular flexibility index (Phi) is 2.04. The number of hydrogen-bond donors (Lipinski definition) is 2. The number of nitrogens with two attached hydrogens (primary N) is 1. The molecule has 0 spiro atoms. The van der Waals surface area contributed by atoms with Crippen LogP contribution < -0.4 is 5.73 Å². The number of alkyl halides is 2. The minimum atomic E-state index is -2.58. The van der Waals surface area contributed by atoms with E-state index in [4.69, 9.17) is 5.73 Å². The number of aromatic amines is 1. The molecule has 0 aliphatic heterocycles. The lowest BCUT2D eigenvalue weighted by Gasteiger charge is -2.47. The zero-order chi connectivity index (χ0) is 12.1. The zero-order valence-corrected chi connectivity index (χ0v) is 9.21. The van der Waals surface area contributed by atoms with Crippen molar-refractivity contribution in [3.8, 4) is 0 Å². The molecule has 1 heterocycles. The second-order valence-corrected chi connectivity index (χ2v) is 4.83. The fourth-order valence-corrected chi connectivity index (χ4v) is 2.79. The summed E-state index contributed by atoms with van der Waals surface area (Å²) in [5.74, 6) is -2.58. The largest absolute Gasteiger partial charge is 0.330 e. The summed E-state index contributed by atoms with van der Waals surface area (Å²) in [6.45, 7) is 0.237. The van der Waals surface area contributed by atoms with Gasteiger partial charge in [-0.1, -0.05) is 18.2 Å². The van der Waals surface area contributed by atoms with Crippen molar-refractivity contribution in [2.24, 2.45) is 5.73 Å². The number of nitrogens with one attached hydrogen (secondary N) is 1. The van der Waals surface area contributed by atoms with Crippen LogP contribution in [0.15, 0.2) is 24.4 Å². The van der Waals surface area contributed by atoms with E-state index in [1.165, 1.54) is 0 Å². The Hall–Kier alpha value is -1.49. The summed E-state index contributed by atoms with van der Waals surface area (Å²) >= 11 is 0. The topological polar surface area (TPSA) is 54.7 Å². The molecule has 1 saturated carbocycles. The molecule has 3 N–H and O–H groups in total. The first-order chi connectivity index (χ1) is 8.06. The molecule has 0 amide bonds. The minimum absolute atomic E-state index is 0.172. The Bertz CT molecular complexity index is 554. The number of halogens is 2. The van der Waals surface area contributed by atoms with E-state index in [-0.39, 0.29) is 19.4 Å².